The van der Waals surface area contributed by atoms with Gasteiger partial charge in [-0.05, 0) is 63.1 Å². The van der Waals surface area contributed by atoms with Crippen LogP contribution in [0.4, 0.5) is 11.4 Å². The monoisotopic (exact) mass is 364 g/mol. The summed E-state index contributed by atoms with van der Waals surface area (Å²) >= 11 is 0. The van der Waals surface area contributed by atoms with Crippen LogP contribution in [-0.2, 0) is 6.42 Å². The van der Waals surface area contributed by atoms with Gasteiger partial charge in [0, 0.05) is 30.7 Å². The Bertz CT molecular complexity index is 941. The number of nitrogens with one attached hydrogen (secondary N) is 1. The van der Waals surface area contributed by atoms with Crippen molar-refractivity contribution in [3.63, 3.8) is 0 Å². The second-order valence-corrected chi connectivity index (χ2v) is 6.71. The number of amides is 1. The Hall–Kier alpha value is -2.82. The van der Waals surface area contributed by atoms with Crippen LogP contribution in [0.2, 0.25) is 0 Å². The standard InChI is InChI=1S/C22H28N4O/c1-5-10-19-21(26-14-9-8-11-20(26)23-19)22(27)24-18-13-12-17(15-16(18)4)25(6-2)7-3/h8-9,11-15H,5-7,10H2,1-4H3,(H,24,27). The van der Waals surface area contributed by atoms with Crippen LogP contribution in [0, 0.1) is 6.92 Å². The summed E-state index contributed by atoms with van der Waals surface area (Å²) in [5.41, 5.74) is 5.35. The van der Waals surface area contributed by atoms with Crippen LogP contribution in [0.5, 0.6) is 0 Å². The number of rotatable bonds is 7. The van der Waals surface area contributed by atoms with E-state index in [1.807, 2.05) is 41.8 Å². The highest BCUT2D eigenvalue weighted by atomic mass is 16.2. The lowest BCUT2D eigenvalue weighted by atomic mass is 10.1. The summed E-state index contributed by atoms with van der Waals surface area (Å²) < 4.78 is 1.87. The topological polar surface area (TPSA) is 49.6 Å². The number of anilines is 2. The van der Waals surface area contributed by atoms with Crippen molar-refractivity contribution in [2.75, 3.05) is 23.3 Å². The molecule has 0 aliphatic heterocycles. The van der Waals surface area contributed by atoms with Gasteiger partial charge in [0.2, 0.25) is 0 Å². The van der Waals surface area contributed by atoms with Gasteiger partial charge in [-0.2, -0.15) is 0 Å². The van der Waals surface area contributed by atoms with Crippen molar-refractivity contribution in [3.05, 3.63) is 59.5 Å². The summed E-state index contributed by atoms with van der Waals surface area (Å²) in [4.78, 5) is 20.0. The van der Waals surface area contributed by atoms with Gasteiger partial charge in [-0.15, -0.1) is 0 Å². The molecule has 0 unspecified atom stereocenters. The molecule has 0 aliphatic carbocycles. The van der Waals surface area contributed by atoms with Crippen molar-refractivity contribution in [1.29, 1.82) is 0 Å². The number of aromatic nitrogens is 2. The Kier molecular flexibility index (Phi) is 5.79. The molecule has 0 radical (unpaired) electrons. The number of pyridine rings is 1. The van der Waals surface area contributed by atoms with Gasteiger partial charge in [0.05, 0.1) is 5.69 Å². The Balaban J connectivity index is 1.92. The molecule has 0 spiro atoms. The third-order valence-electron chi connectivity index (χ3n) is 4.89. The van der Waals surface area contributed by atoms with Gasteiger partial charge >= 0.3 is 0 Å². The molecule has 2 aromatic heterocycles. The lowest BCUT2D eigenvalue weighted by Crippen LogP contribution is -2.22. The van der Waals surface area contributed by atoms with Crippen LogP contribution >= 0.6 is 0 Å². The Morgan fingerprint density at radius 1 is 1.15 bits per heavy atom. The van der Waals surface area contributed by atoms with E-state index >= 15 is 0 Å². The van der Waals surface area contributed by atoms with Crippen LogP contribution in [-0.4, -0.2) is 28.4 Å². The molecule has 0 saturated heterocycles. The van der Waals surface area contributed by atoms with Crippen molar-refractivity contribution >= 4 is 22.9 Å². The average Bonchev–Trinajstić information content (AvgIpc) is 3.03. The molecule has 1 aromatic carbocycles. The SMILES string of the molecule is CCCc1nc2ccccn2c1C(=O)Nc1ccc(N(CC)CC)cc1C. The second-order valence-electron chi connectivity index (χ2n) is 6.71. The fourth-order valence-corrected chi connectivity index (χ4v) is 3.45. The maximum atomic E-state index is 13.1. The molecule has 27 heavy (non-hydrogen) atoms. The zero-order chi connectivity index (χ0) is 19.4. The molecule has 5 nitrogen and oxygen atoms in total. The van der Waals surface area contributed by atoms with E-state index in [2.05, 4.69) is 48.1 Å². The Morgan fingerprint density at radius 3 is 2.59 bits per heavy atom. The highest BCUT2D eigenvalue weighted by Crippen LogP contribution is 2.24. The van der Waals surface area contributed by atoms with Crippen molar-refractivity contribution in [2.45, 2.75) is 40.5 Å². The van der Waals surface area contributed by atoms with Gasteiger partial charge in [0.1, 0.15) is 11.3 Å². The third-order valence-corrected chi connectivity index (χ3v) is 4.89. The van der Waals surface area contributed by atoms with Crippen LogP contribution in [0.25, 0.3) is 5.65 Å². The first-order valence-electron chi connectivity index (χ1n) is 9.71. The van der Waals surface area contributed by atoms with Crippen molar-refractivity contribution in [3.8, 4) is 0 Å². The smallest absolute Gasteiger partial charge is 0.274 e. The first kappa shape index (κ1) is 19.0. The summed E-state index contributed by atoms with van der Waals surface area (Å²) in [5, 5.41) is 3.09. The number of carbonyl (C=O) groups excluding carboxylic acids is 1. The van der Waals surface area contributed by atoms with Gasteiger partial charge in [0.25, 0.3) is 5.91 Å². The molecule has 3 aromatic rings. The van der Waals surface area contributed by atoms with Crippen LogP contribution in [0.3, 0.4) is 0 Å². The van der Waals surface area contributed by atoms with Gasteiger partial charge in [-0.25, -0.2) is 4.98 Å². The molecule has 0 bridgehead atoms. The zero-order valence-corrected chi connectivity index (χ0v) is 16.6. The van der Waals surface area contributed by atoms with Crippen LogP contribution in [0.15, 0.2) is 42.6 Å². The minimum Gasteiger partial charge on any atom is -0.372 e. The molecule has 0 saturated carbocycles. The van der Waals surface area contributed by atoms with E-state index in [0.717, 1.165) is 48.5 Å². The van der Waals surface area contributed by atoms with Crippen molar-refractivity contribution in [1.82, 2.24) is 9.38 Å². The number of imidazole rings is 1. The highest BCUT2D eigenvalue weighted by Gasteiger charge is 2.19. The first-order valence-corrected chi connectivity index (χ1v) is 9.71. The quantitative estimate of drug-likeness (QED) is 0.661. The molecular formula is C22H28N4O. The van der Waals surface area contributed by atoms with Gasteiger partial charge in [-0.3, -0.25) is 9.20 Å². The van der Waals surface area contributed by atoms with E-state index in [0.29, 0.717) is 5.69 Å². The summed E-state index contributed by atoms with van der Waals surface area (Å²) in [5.74, 6) is -0.115. The molecule has 142 valence electrons. The number of benzene rings is 1. The van der Waals surface area contributed by atoms with Crippen LogP contribution < -0.4 is 10.2 Å². The molecule has 5 heteroatoms. The summed E-state index contributed by atoms with van der Waals surface area (Å²) in [6.45, 7) is 10.3. The summed E-state index contributed by atoms with van der Waals surface area (Å²) in [6.07, 6.45) is 3.62. The zero-order valence-electron chi connectivity index (χ0n) is 16.6. The maximum absolute atomic E-state index is 13.1. The number of carbonyl (C=O) groups is 1. The maximum Gasteiger partial charge on any atom is 0.274 e. The normalized spacial score (nSPS) is 11.0. The number of nitrogens with zero attached hydrogens (tertiary/aromatic N) is 3. The fraction of sp³-hybridized carbons (Fsp3) is 0.364. The lowest BCUT2D eigenvalue weighted by molar-refractivity contribution is 0.102. The van der Waals surface area contributed by atoms with E-state index in [9.17, 15) is 4.79 Å². The fourth-order valence-electron chi connectivity index (χ4n) is 3.45. The second kappa shape index (κ2) is 8.25. The predicted octanol–water partition coefficient (Wildman–Crippen LogP) is 4.69. The van der Waals surface area contributed by atoms with Crippen molar-refractivity contribution < 1.29 is 4.79 Å². The van der Waals surface area contributed by atoms with E-state index in [1.54, 1.807) is 0 Å². The summed E-state index contributed by atoms with van der Waals surface area (Å²) in [7, 11) is 0. The van der Waals surface area contributed by atoms with Gasteiger partial charge in [0.15, 0.2) is 0 Å². The Morgan fingerprint density at radius 2 is 1.93 bits per heavy atom. The number of hydrogen-bond acceptors (Lipinski definition) is 3. The number of aryl methyl sites for hydroxylation is 2. The van der Waals surface area contributed by atoms with E-state index in [4.69, 9.17) is 0 Å². The molecule has 3 rings (SSSR count). The Labute approximate surface area is 161 Å². The van der Waals surface area contributed by atoms with Crippen LogP contribution in [0.1, 0.15) is 48.9 Å². The van der Waals surface area contributed by atoms with Gasteiger partial charge < -0.3 is 10.2 Å². The van der Waals surface area contributed by atoms with Gasteiger partial charge in [-0.1, -0.05) is 19.4 Å². The molecular weight excluding hydrogens is 336 g/mol. The third kappa shape index (κ3) is 3.82. The van der Waals surface area contributed by atoms with E-state index in [-0.39, 0.29) is 5.91 Å². The van der Waals surface area contributed by atoms with Crippen molar-refractivity contribution in [2.24, 2.45) is 0 Å². The number of hydrogen-bond donors (Lipinski definition) is 1. The molecule has 1 N–H and O–H groups in total. The van der Waals surface area contributed by atoms with E-state index in [1.165, 1.54) is 5.69 Å². The predicted molar refractivity (Wildman–Crippen MR) is 112 cm³/mol. The molecule has 1 amide bonds. The van der Waals surface area contributed by atoms with E-state index < -0.39 is 0 Å². The molecule has 0 aliphatic rings. The first-order chi connectivity index (χ1) is 13.1. The lowest BCUT2D eigenvalue weighted by Gasteiger charge is -2.22. The molecule has 0 fully saturated rings. The number of fused-ring (bicyclic) bond motifs is 1. The minimum atomic E-state index is -0.115. The highest BCUT2D eigenvalue weighted by molar-refractivity contribution is 6.05. The minimum absolute atomic E-state index is 0.115. The average molecular weight is 364 g/mol. The molecule has 0 atom stereocenters. The molecule has 2 heterocycles. The largest absolute Gasteiger partial charge is 0.372 e. The summed E-state index contributed by atoms with van der Waals surface area (Å²) in [6, 6.07) is 12.0.